The number of hydrogen-bond acceptors (Lipinski definition) is 2. The minimum atomic E-state index is 0.0274. The average molecular weight is 301 g/mol. The Morgan fingerprint density at radius 1 is 0.652 bits per heavy atom. The summed E-state index contributed by atoms with van der Waals surface area (Å²) < 4.78 is 0. The molecule has 0 saturated heterocycles. The van der Waals surface area contributed by atoms with Gasteiger partial charge in [-0.25, -0.2) is 0 Å². The molecule has 2 N–H and O–H groups in total. The van der Waals surface area contributed by atoms with Gasteiger partial charge in [-0.1, -0.05) is 54.6 Å². The zero-order valence-corrected chi connectivity index (χ0v) is 12.9. The molecule has 0 bridgehead atoms. The van der Waals surface area contributed by atoms with Crippen molar-refractivity contribution in [2.45, 2.75) is 12.8 Å². The smallest absolute Gasteiger partial charge is 0.193 e. The first-order valence-corrected chi connectivity index (χ1v) is 7.75. The van der Waals surface area contributed by atoms with E-state index in [0.717, 1.165) is 12.8 Å². The number of carbonyl (C=O) groups is 1. The van der Waals surface area contributed by atoms with E-state index in [4.69, 9.17) is 5.73 Å². The molecule has 0 atom stereocenters. The highest BCUT2D eigenvalue weighted by Crippen LogP contribution is 2.14. The Labute approximate surface area is 136 Å². The summed E-state index contributed by atoms with van der Waals surface area (Å²) >= 11 is 0. The lowest BCUT2D eigenvalue weighted by Crippen LogP contribution is -2.02. The normalized spacial score (nSPS) is 10.4. The van der Waals surface area contributed by atoms with Crippen LogP contribution in [0.4, 0.5) is 5.69 Å². The Morgan fingerprint density at radius 3 is 1.70 bits per heavy atom. The molecule has 0 heterocycles. The lowest BCUT2D eigenvalue weighted by atomic mass is 9.99. The zero-order valence-electron chi connectivity index (χ0n) is 12.9. The van der Waals surface area contributed by atoms with Crippen LogP contribution >= 0.6 is 0 Å². The van der Waals surface area contributed by atoms with Crippen molar-refractivity contribution in [3.05, 3.63) is 101 Å². The van der Waals surface area contributed by atoms with E-state index >= 15 is 0 Å². The van der Waals surface area contributed by atoms with Crippen LogP contribution in [0.2, 0.25) is 0 Å². The van der Waals surface area contributed by atoms with Gasteiger partial charge in [-0.2, -0.15) is 0 Å². The number of aryl methyl sites for hydroxylation is 2. The summed E-state index contributed by atoms with van der Waals surface area (Å²) in [5, 5.41) is 0. The summed E-state index contributed by atoms with van der Waals surface area (Å²) in [7, 11) is 0. The summed E-state index contributed by atoms with van der Waals surface area (Å²) in [5.41, 5.74) is 10.3. The number of carbonyl (C=O) groups excluding carboxylic acids is 1. The summed E-state index contributed by atoms with van der Waals surface area (Å²) in [6.07, 6.45) is 1.98. The SMILES string of the molecule is Nc1ccc(C(=O)c2ccc(CCc3ccccc3)cc2)cc1. The van der Waals surface area contributed by atoms with Crippen molar-refractivity contribution >= 4 is 11.5 Å². The van der Waals surface area contributed by atoms with Crippen molar-refractivity contribution in [3.63, 3.8) is 0 Å². The molecule has 0 aliphatic carbocycles. The molecule has 0 fully saturated rings. The van der Waals surface area contributed by atoms with Gasteiger partial charge in [0.25, 0.3) is 0 Å². The Kier molecular flexibility index (Phi) is 4.53. The van der Waals surface area contributed by atoms with Crippen LogP contribution in [0.5, 0.6) is 0 Å². The number of benzene rings is 3. The third-order valence-electron chi connectivity index (χ3n) is 3.93. The first-order chi connectivity index (χ1) is 11.2. The number of hydrogen-bond donors (Lipinski definition) is 1. The maximum Gasteiger partial charge on any atom is 0.193 e. The van der Waals surface area contributed by atoms with Crippen LogP contribution in [0.25, 0.3) is 0 Å². The highest BCUT2D eigenvalue weighted by molar-refractivity contribution is 6.09. The number of nitrogens with two attached hydrogens (primary N) is 1. The van der Waals surface area contributed by atoms with E-state index < -0.39 is 0 Å². The minimum absolute atomic E-state index is 0.0274. The molecule has 3 rings (SSSR count). The lowest BCUT2D eigenvalue weighted by Gasteiger charge is -2.05. The molecule has 0 radical (unpaired) electrons. The van der Waals surface area contributed by atoms with Gasteiger partial charge in [0.05, 0.1) is 0 Å². The van der Waals surface area contributed by atoms with Crippen LogP contribution < -0.4 is 5.73 Å². The van der Waals surface area contributed by atoms with Crippen LogP contribution in [0, 0.1) is 0 Å². The average Bonchev–Trinajstić information content (AvgIpc) is 2.61. The number of nitrogen functional groups attached to an aromatic ring is 1. The fourth-order valence-electron chi connectivity index (χ4n) is 2.56. The van der Waals surface area contributed by atoms with Gasteiger partial charge in [-0.15, -0.1) is 0 Å². The monoisotopic (exact) mass is 301 g/mol. The third-order valence-corrected chi connectivity index (χ3v) is 3.93. The summed E-state index contributed by atoms with van der Waals surface area (Å²) in [6.45, 7) is 0. The largest absolute Gasteiger partial charge is 0.399 e. The number of anilines is 1. The standard InChI is InChI=1S/C21H19NO/c22-20-14-12-19(13-15-20)21(23)18-10-8-17(9-11-18)7-6-16-4-2-1-3-5-16/h1-5,8-15H,6-7,22H2. The van der Waals surface area contributed by atoms with Crippen molar-refractivity contribution < 1.29 is 4.79 Å². The quantitative estimate of drug-likeness (QED) is 0.564. The van der Waals surface area contributed by atoms with Gasteiger partial charge in [-0.05, 0) is 48.2 Å². The van der Waals surface area contributed by atoms with Gasteiger partial charge in [0.1, 0.15) is 0 Å². The molecule has 23 heavy (non-hydrogen) atoms. The molecule has 0 aromatic heterocycles. The van der Waals surface area contributed by atoms with Gasteiger partial charge in [0.2, 0.25) is 0 Å². The summed E-state index contributed by atoms with van der Waals surface area (Å²) in [6, 6.07) is 25.3. The first kappa shape index (κ1) is 15.0. The van der Waals surface area contributed by atoms with Crippen LogP contribution in [0.1, 0.15) is 27.0 Å². The highest BCUT2D eigenvalue weighted by atomic mass is 16.1. The maximum absolute atomic E-state index is 12.4. The molecule has 3 aromatic rings. The van der Waals surface area contributed by atoms with Gasteiger partial charge < -0.3 is 5.73 Å². The van der Waals surface area contributed by atoms with Crippen molar-refractivity contribution in [1.82, 2.24) is 0 Å². The Hall–Kier alpha value is -2.87. The molecule has 2 nitrogen and oxygen atoms in total. The summed E-state index contributed by atoms with van der Waals surface area (Å²) in [5.74, 6) is 0.0274. The molecule has 0 amide bonds. The second-order valence-electron chi connectivity index (χ2n) is 5.63. The van der Waals surface area contributed by atoms with E-state index in [0.29, 0.717) is 16.8 Å². The molecule has 0 aliphatic rings. The third kappa shape index (κ3) is 3.86. The fraction of sp³-hybridized carbons (Fsp3) is 0.0952. The van der Waals surface area contributed by atoms with E-state index in [-0.39, 0.29) is 5.78 Å². The van der Waals surface area contributed by atoms with E-state index in [2.05, 4.69) is 24.3 Å². The van der Waals surface area contributed by atoms with Gasteiger partial charge in [-0.3, -0.25) is 4.79 Å². The number of ketones is 1. The summed E-state index contributed by atoms with van der Waals surface area (Å²) in [4.78, 5) is 12.4. The molecular formula is C21H19NO. The lowest BCUT2D eigenvalue weighted by molar-refractivity contribution is 0.103. The molecule has 0 aliphatic heterocycles. The Bertz CT molecular complexity index is 774. The Morgan fingerprint density at radius 2 is 1.13 bits per heavy atom. The van der Waals surface area contributed by atoms with Crippen LogP contribution in [0.15, 0.2) is 78.9 Å². The van der Waals surface area contributed by atoms with Gasteiger partial charge >= 0.3 is 0 Å². The van der Waals surface area contributed by atoms with Crippen molar-refractivity contribution in [1.29, 1.82) is 0 Å². The van der Waals surface area contributed by atoms with Crippen molar-refractivity contribution in [2.75, 3.05) is 5.73 Å². The molecule has 0 saturated carbocycles. The molecule has 0 spiro atoms. The van der Waals surface area contributed by atoms with E-state index in [9.17, 15) is 4.79 Å². The molecule has 0 unspecified atom stereocenters. The van der Waals surface area contributed by atoms with Gasteiger partial charge in [0.15, 0.2) is 5.78 Å². The zero-order chi connectivity index (χ0) is 16.1. The molecule has 3 aromatic carbocycles. The van der Waals surface area contributed by atoms with Crippen molar-refractivity contribution in [2.24, 2.45) is 0 Å². The van der Waals surface area contributed by atoms with E-state index in [1.54, 1.807) is 24.3 Å². The second kappa shape index (κ2) is 6.93. The second-order valence-corrected chi connectivity index (χ2v) is 5.63. The maximum atomic E-state index is 12.4. The van der Waals surface area contributed by atoms with Crippen LogP contribution in [-0.4, -0.2) is 5.78 Å². The van der Waals surface area contributed by atoms with Crippen molar-refractivity contribution in [3.8, 4) is 0 Å². The van der Waals surface area contributed by atoms with E-state index in [1.807, 2.05) is 30.3 Å². The van der Waals surface area contributed by atoms with Crippen LogP contribution in [-0.2, 0) is 12.8 Å². The number of rotatable bonds is 5. The Balaban J connectivity index is 1.67. The topological polar surface area (TPSA) is 43.1 Å². The van der Waals surface area contributed by atoms with Gasteiger partial charge in [0, 0.05) is 16.8 Å². The fourth-order valence-corrected chi connectivity index (χ4v) is 2.56. The van der Waals surface area contributed by atoms with E-state index in [1.165, 1.54) is 11.1 Å². The molecule has 2 heteroatoms. The first-order valence-electron chi connectivity index (χ1n) is 7.75. The van der Waals surface area contributed by atoms with Crippen LogP contribution in [0.3, 0.4) is 0 Å². The predicted octanol–water partition coefficient (Wildman–Crippen LogP) is 4.29. The highest BCUT2D eigenvalue weighted by Gasteiger charge is 2.08. The minimum Gasteiger partial charge on any atom is -0.399 e. The predicted molar refractivity (Wildman–Crippen MR) is 94.6 cm³/mol. The molecular weight excluding hydrogens is 282 g/mol. The molecule has 114 valence electrons.